The highest BCUT2D eigenvalue weighted by atomic mass is 16.5. The summed E-state index contributed by atoms with van der Waals surface area (Å²) in [5.41, 5.74) is 11.6. The van der Waals surface area contributed by atoms with Gasteiger partial charge in [0.15, 0.2) is 0 Å². The minimum Gasteiger partial charge on any atom is -0.370 e. The molecule has 384 valence electrons. The number of benzene rings is 2. The van der Waals surface area contributed by atoms with Crippen molar-refractivity contribution in [2.24, 2.45) is 0 Å². The van der Waals surface area contributed by atoms with E-state index in [1.54, 1.807) is 24.8 Å². The predicted octanol–water partition coefficient (Wildman–Crippen LogP) is 4.69. The van der Waals surface area contributed by atoms with E-state index in [0.717, 1.165) is 152 Å². The molecule has 2 aromatic carbocycles. The molecule has 18 nitrogen and oxygen atoms in total. The van der Waals surface area contributed by atoms with Gasteiger partial charge < -0.3 is 39.7 Å². The summed E-state index contributed by atoms with van der Waals surface area (Å²) in [5.74, 6) is 2.19. The Kier molecular flexibility index (Phi) is 14.8. The van der Waals surface area contributed by atoms with E-state index in [1.165, 1.54) is 22.3 Å². The van der Waals surface area contributed by atoms with Crippen LogP contribution in [0.25, 0.3) is 22.1 Å². The van der Waals surface area contributed by atoms with Gasteiger partial charge in [-0.15, -0.1) is 0 Å². The van der Waals surface area contributed by atoms with Crippen molar-refractivity contribution in [2.75, 3.05) is 111 Å². The topological polar surface area (TPSA) is 187 Å². The maximum atomic E-state index is 9.49. The van der Waals surface area contributed by atoms with Crippen LogP contribution in [-0.4, -0.2) is 168 Å². The van der Waals surface area contributed by atoms with Gasteiger partial charge in [-0.05, 0) is 99.2 Å². The largest absolute Gasteiger partial charge is 0.370 e. The van der Waals surface area contributed by atoms with Crippen LogP contribution in [0.4, 0.5) is 23.0 Å². The van der Waals surface area contributed by atoms with E-state index in [1.807, 2.05) is 24.3 Å². The van der Waals surface area contributed by atoms with Crippen molar-refractivity contribution < 1.29 is 9.47 Å². The number of anilines is 4. The zero-order chi connectivity index (χ0) is 50.7. The quantitative estimate of drug-likeness (QED) is 0.214. The lowest BCUT2D eigenvalue weighted by Gasteiger charge is -2.42. The number of ether oxygens (including phenoxy) is 2. The maximum absolute atomic E-state index is 9.49. The molecule has 4 fully saturated rings. The molecule has 4 saturated heterocycles. The highest BCUT2D eigenvalue weighted by Gasteiger charge is 2.32. The van der Waals surface area contributed by atoms with E-state index >= 15 is 0 Å². The Bertz CT molecular complexity index is 2830. The van der Waals surface area contributed by atoms with Crippen LogP contribution >= 0.6 is 0 Å². The molecule has 0 aliphatic carbocycles. The summed E-state index contributed by atoms with van der Waals surface area (Å²) in [6, 6.07) is 17.8. The predicted molar refractivity (Wildman–Crippen MR) is 287 cm³/mol. The Labute approximate surface area is 434 Å². The Morgan fingerprint density at radius 1 is 0.500 bits per heavy atom. The van der Waals surface area contributed by atoms with Crippen LogP contribution in [0.1, 0.15) is 61.1 Å². The van der Waals surface area contributed by atoms with Crippen molar-refractivity contribution in [3.05, 3.63) is 107 Å². The molecule has 0 amide bonds. The molecular weight excluding hydrogens is 929 g/mol. The van der Waals surface area contributed by atoms with E-state index in [4.69, 9.17) is 19.4 Å². The molecule has 6 aromatic rings. The molecule has 2 N–H and O–H groups in total. The Morgan fingerprint density at radius 2 is 0.905 bits per heavy atom. The summed E-state index contributed by atoms with van der Waals surface area (Å²) in [6.07, 6.45) is 13.4. The van der Waals surface area contributed by atoms with Crippen molar-refractivity contribution in [1.82, 2.24) is 50.3 Å². The molecule has 4 aromatic heterocycles. The molecule has 10 heterocycles. The van der Waals surface area contributed by atoms with E-state index in [2.05, 4.69) is 124 Å². The number of rotatable bonds is 8. The van der Waals surface area contributed by atoms with Crippen molar-refractivity contribution in [1.29, 1.82) is 10.5 Å². The number of hydrogen-bond acceptors (Lipinski definition) is 18. The molecule has 12 rings (SSSR count). The average molecular weight is 997 g/mol. The first kappa shape index (κ1) is 49.6. The minimum absolute atomic E-state index is 0.104. The van der Waals surface area contributed by atoms with E-state index in [9.17, 15) is 10.5 Å². The van der Waals surface area contributed by atoms with Crippen LogP contribution in [0, 0.1) is 22.7 Å². The molecule has 6 aliphatic rings. The van der Waals surface area contributed by atoms with Gasteiger partial charge in [-0.3, -0.25) is 29.7 Å². The lowest BCUT2D eigenvalue weighted by Crippen LogP contribution is -2.54. The molecule has 6 atom stereocenters. The molecule has 0 spiro atoms. The van der Waals surface area contributed by atoms with Gasteiger partial charge in [0.25, 0.3) is 0 Å². The number of hydrogen-bond donors (Lipinski definition) is 2. The standard InChI is InChI=1S/2C28H34N8O/c2*1-19-11-22-15-33-26(12-23(22)14-32-19)35-9-7-34(8-10-35)17-24-18-36(16-20(2)37-24)25-4-3-21(13-29)27-28(25)31-6-5-30-27/h2*3-6,12,15,19-20,24,32H,7-11,14,16-18H2,1-2H3/t19-,20+,24-;19-,20-,24+/m01/s1. The van der Waals surface area contributed by atoms with Gasteiger partial charge in [0.1, 0.15) is 45.8 Å². The number of fused-ring (bicyclic) bond motifs is 4. The summed E-state index contributed by atoms with van der Waals surface area (Å²) >= 11 is 0. The third-order valence-corrected chi connectivity index (χ3v) is 15.6. The fourth-order valence-corrected chi connectivity index (χ4v) is 11.8. The van der Waals surface area contributed by atoms with Crippen molar-refractivity contribution >= 4 is 45.1 Å². The fraction of sp³-hybridized carbons (Fsp3) is 0.500. The minimum atomic E-state index is 0.104. The molecule has 0 radical (unpaired) electrons. The number of pyridine rings is 2. The number of morpholine rings is 2. The zero-order valence-electron chi connectivity index (χ0n) is 43.2. The van der Waals surface area contributed by atoms with Crippen LogP contribution in [-0.2, 0) is 35.4 Å². The van der Waals surface area contributed by atoms with Crippen LogP contribution in [0.2, 0.25) is 0 Å². The second kappa shape index (κ2) is 22.1. The zero-order valence-corrected chi connectivity index (χ0v) is 43.2. The third kappa shape index (κ3) is 10.9. The van der Waals surface area contributed by atoms with Crippen molar-refractivity contribution in [3.63, 3.8) is 0 Å². The van der Waals surface area contributed by atoms with Crippen molar-refractivity contribution in [2.45, 2.75) is 90.1 Å². The summed E-state index contributed by atoms with van der Waals surface area (Å²) in [7, 11) is 0. The van der Waals surface area contributed by atoms with Crippen LogP contribution in [0.3, 0.4) is 0 Å². The number of nitriles is 2. The smallest absolute Gasteiger partial charge is 0.128 e. The van der Waals surface area contributed by atoms with E-state index < -0.39 is 0 Å². The second-order valence-corrected chi connectivity index (χ2v) is 21.1. The SMILES string of the molecule is C[C@@H]1CN(c2ccc(C#N)c3nccnc23)C[C@H](CN2CCN(c3cc4c(cn3)C[C@H](C)NC4)CC2)O1.C[C@@H]1Cc2cnc(N3CCN(C[C@H]4CN(c5ccc(C#N)c6nccnc56)C[C@@H](C)O4)CC3)cc2CN1. The molecule has 18 heteroatoms. The van der Waals surface area contributed by atoms with Gasteiger partial charge in [-0.1, -0.05) is 0 Å². The average Bonchev–Trinajstić information content (AvgIpc) is 3.42. The Morgan fingerprint density at radius 3 is 1.31 bits per heavy atom. The van der Waals surface area contributed by atoms with Gasteiger partial charge in [0.05, 0.1) is 46.9 Å². The highest BCUT2D eigenvalue weighted by molar-refractivity contribution is 5.93. The first-order valence-corrected chi connectivity index (χ1v) is 26.6. The fourth-order valence-electron chi connectivity index (χ4n) is 11.8. The number of nitrogens with zero attached hydrogens (tertiary/aromatic N) is 14. The van der Waals surface area contributed by atoms with Gasteiger partial charge in [-0.25, -0.2) is 9.97 Å². The maximum Gasteiger partial charge on any atom is 0.128 e. The Balaban J connectivity index is 0.000000159. The molecule has 0 unspecified atom stereocenters. The van der Waals surface area contributed by atoms with Gasteiger partial charge in [0.2, 0.25) is 0 Å². The molecule has 0 bridgehead atoms. The monoisotopic (exact) mass is 997 g/mol. The van der Waals surface area contributed by atoms with Crippen molar-refractivity contribution in [3.8, 4) is 12.1 Å². The summed E-state index contributed by atoms with van der Waals surface area (Å²) in [4.78, 5) is 42.1. The summed E-state index contributed by atoms with van der Waals surface area (Å²) < 4.78 is 12.8. The molecular formula is C56H68N16O2. The summed E-state index contributed by atoms with van der Waals surface area (Å²) in [6.45, 7) is 23.4. The highest BCUT2D eigenvalue weighted by Crippen LogP contribution is 2.32. The first-order chi connectivity index (χ1) is 36.1. The van der Waals surface area contributed by atoms with Crippen LogP contribution < -0.4 is 30.2 Å². The third-order valence-electron chi connectivity index (χ3n) is 15.6. The van der Waals surface area contributed by atoms with Gasteiger partial charge in [-0.2, -0.15) is 10.5 Å². The lowest BCUT2D eigenvalue weighted by molar-refractivity contribution is -0.0329. The van der Waals surface area contributed by atoms with E-state index in [0.29, 0.717) is 34.2 Å². The van der Waals surface area contributed by atoms with Crippen LogP contribution in [0.15, 0.2) is 73.6 Å². The van der Waals surface area contributed by atoms with Gasteiger partial charge >= 0.3 is 0 Å². The lowest BCUT2D eigenvalue weighted by atomic mass is 9.98. The molecule has 6 aliphatic heterocycles. The molecule has 74 heavy (non-hydrogen) atoms. The second-order valence-electron chi connectivity index (χ2n) is 21.1. The van der Waals surface area contributed by atoms with E-state index in [-0.39, 0.29) is 24.4 Å². The molecule has 0 saturated carbocycles. The van der Waals surface area contributed by atoms with Crippen LogP contribution in [0.5, 0.6) is 0 Å². The summed E-state index contributed by atoms with van der Waals surface area (Å²) in [5, 5.41) is 26.1. The van der Waals surface area contributed by atoms with Gasteiger partial charge in [0, 0.05) is 154 Å². The number of nitrogens with one attached hydrogen (secondary N) is 2. The first-order valence-electron chi connectivity index (χ1n) is 26.6. The Hall–Kier alpha value is -6.64. The number of piperazine rings is 2. The normalized spacial score (nSPS) is 24.6. The number of aromatic nitrogens is 6.